The van der Waals surface area contributed by atoms with Crippen molar-refractivity contribution < 1.29 is 0 Å². The Kier molecular flexibility index (Phi) is 3.56. The Labute approximate surface area is 107 Å². The van der Waals surface area contributed by atoms with Crippen LogP contribution in [0.15, 0.2) is 28.2 Å². The van der Waals surface area contributed by atoms with E-state index in [-0.39, 0.29) is 6.04 Å². The highest BCUT2D eigenvalue weighted by molar-refractivity contribution is 9.10. The van der Waals surface area contributed by atoms with Crippen LogP contribution >= 0.6 is 27.3 Å². The van der Waals surface area contributed by atoms with E-state index in [1.165, 1.54) is 4.88 Å². The predicted octanol–water partition coefficient (Wildman–Crippen LogP) is 3.78. The monoisotopic (exact) mass is 297 g/mol. The van der Waals surface area contributed by atoms with Crippen LogP contribution in [0.25, 0.3) is 0 Å². The molecule has 0 saturated heterocycles. The number of hydrogen-bond donors (Lipinski definition) is 1. The maximum Gasteiger partial charge on any atom is 0.131 e. The molecule has 84 valence electrons. The number of anilines is 1. The van der Waals surface area contributed by atoms with Gasteiger partial charge in [-0.1, -0.05) is 6.07 Å². The average Bonchev–Trinajstić information content (AvgIpc) is 2.68. The lowest BCUT2D eigenvalue weighted by Crippen LogP contribution is -2.07. The maximum atomic E-state index is 4.34. The molecule has 1 N–H and O–H groups in total. The topological polar surface area (TPSA) is 37.8 Å². The van der Waals surface area contributed by atoms with Crippen molar-refractivity contribution >= 4 is 33.1 Å². The van der Waals surface area contributed by atoms with Gasteiger partial charge in [0.15, 0.2) is 0 Å². The molecule has 0 spiro atoms. The standard InChI is InChI=1S/C11H12BrN3S/c1-7(9-4-3-5-16-9)13-11-6-10(12)14-8(2)15-11/h3-7H,1-2H3,(H,13,14,15). The van der Waals surface area contributed by atoms with Gasteiger partial charge >= 0.3 is 0 Å². The molecule has 2 rings (SSSR count). The van der Waals surface area contributed by atoms with E-state index in [4.69, 9.17) is 0 Å². The second-order valence-electron chi connectivity index (χ2n) is 3.50. The normalized spacial score (nSPS) is 12.4. The Balaban J connectivity index is 2.15. The van der Waals surface area contributed by atoms with E-state index in [1.54, 1.807) is 11.3 Å². The van der Waals surface area contributed by atoms with Crippen molar-refractivity contribution in [3.05, 3.63) is 38.9 Å². The summed E-state index contributed by atoms with van der Waals surface area (Å²) in [5.74, 6) is 1.61. The molecular weight excluding hydrogens is 286 g/mol. The molecule has 5 heteroatoms. The minimum atomic E-state index is 0.265. The first-order valence-electron chi connectivity index (χ1n) is 4.96. The van der Waals surface area contributed by atoms with Crippen LogP contribution in [-0.2, 0) is 0 Å². The van der Waals surface area contributed by atoms with Crippen molar-refractivity contribution in [1.29, 1.82) is 0 Å². The second-order valence-corrected chi connectivity index (χ2v) is 5.30. The van der Waals surface area contributed by atoms with E-state index >= 15 is 0 Å². The van der Waals surface area contributed by atoms with E-state index in [1.807, 2.05) is 13.0 Å². The number of aryl methyl sites for hydroxylation is 1. The van der Waals surface area contributed by atoms with Crippen molar-refractivity contribution in [2.24, 2.45) is 0 Å². The first-order chi connectivity index (χ1) is 7.65. The number of hydrogen-bond acceptors (Lipinski definition) is 4. The van der Waals surface area contributed by atoms with E-state index in [0.29, 0.717) is 0 Å². The summed E-state index contributed by atoms with van der Waals surface area (Å²) < 4.78 is 0.806. The van der Waals surface area contributed by atoms with Crippen molar-refractivity contribution in [1.82, 2.24) is 9.97 Å². The summed E-state index contributed by atoms with van der Waals surface area (Å²) in [4.78, 5) is 9.81. The summed E-state index contributed by atoms with van der Waals surface area (Å²) in [7, 11) is 0. The molecule has 0 bridgehead atoms. The fourth-order valence-electron chi connectivity index (χ4n) is 1.44. The molecule has 2 aromatic rings. The zero-order valence-electron chi connectivity index (χ0n) is 9.07. The van der Waals surface area contributed by atoms with Gasteiger partial charge in [-0.15, -0.1) is 11.3 Å². The van der Waals surface area contributed by atoms with Crippen LogP contribution in [-0.4, -0.2) is 9.97 Å². The van der Waals surface area contributed by atoms with Gasteiger partial charge in [0, 0.05) is 10.9 Å². The number of thiophene rings is 1. The zero-order valence-corrected chi connectivity index (χ0v) is 11.5. The number of aromatic nitrogens is 2. The highest BCUT2D eigenvalue weighted by Gasteiger charge is 2.07. The minimum Gasteiger partial charge on any atom is -0.363 e. The molecule has 2 heterocycles. The van der Waals surface area contributed by atoms with Gasteiger partial charge in [0.2, 0.25) is 0 Å². The Hall–Kier alpha value is -0.940. The third-order valence-corrected chi connectivity index (χ3v) is 3.60. The molecule has 16 heavy (non-hydrogen) atoms. The van der Waals surface area contributed by atoms with Gasteiger partial charge in [-0.3, -0.25) is 0 Å². The molecule has 0 radical (unpaired) electrons. The molecule has 1 unspecified atom stereocenters. The summed E-state index contributed by atoms with van der Waals surface area (Å²) in [5.41, 5.74) is 0. The van der Waals surface area contributed by atoms with Gasteiger partial charge in [0.1, 0.15) is 16.2 Å². The molecule has 3 nitrogen and oxygen atoms in total. The van der Waals surface area contributed by atoms with Crippen LogP contribution in [0.4, 0.5) is 5.82 Å². The molecule has 0 amide bonds. The Morgan fingerprint density at radius 2 is 2.25 bits per heavy atom. The first-order valence-corrected chi connectivity index (χ1v) is 6.63. The predicted molar refractivity (Wildman–Crippen MR) is 70.8 cm³/mol. The molecule has 2 aromatic heterocycles. The molecule has 0 aliphatic rings. The summed E-state index contributed by atoms with van der Waals surface area (Å²) in [6.45, 7) is 4.00. The van der Waals surface area contributed by atoms with E-state index < -0.39 is 0 Å². The second kappa shape index (κ2) is 4.93. The lowest BCUT2D eigenvalue weighted by Gasteiger charge is -2.13. The van der Waals surface area contributed by atoms with Crippen LogP contribution in [0.2, 0.25) is 0 Å². The minimum absolute atomic E-state index is 0.265. The summed E-state index contributed by atoms with van der Waals surface area (Å²) in [5, 5.41) is 5.43. The molecule has 0 fully saturated rings. The highest BCUT2D eigenvalue weighted by atomic mass is 79.9. The summed E-state index contributed by atoms with van der Waals surface area (Å²) >= 11 is 5.10. The molecule has 0 aromatic carbocycles. The third kappa shape index (κ3) is 2.80. The first kappa shape index (κ1) is 11.5. The maximum absolute atomic E-state index is 4.34. The van der Waals surface area contributed by atoms with Crippen molar-refractivity contribution in [3.8, 4) is 0 Å². The van der Waals surface area contributed by atoms with Crippen LogP contribution in [0, 0.1) is 6.92 Å². The van der Waals surface area contributed by atoms with Crippen molar-refractivity contribution in [3.63, 3.8) is 0 Å². The van der Waals surface area contributed by atoms with Gasteiger partial charge in [0.25, 0.3) is 0 Å². The largest absolute Gasteiger partial charge is 0.363 e. The van der Waals surface area contributed by atoms with Gasteiger partial charge in [-0.25, -0.2) is 9.97 Å². The number of nitrogens with one attached hydrogen (secondary N) is 1. The van der Waals surface area contributed by atoms with Crippen LogP contribution in [0.5, 0.6) is 0 Å². The number of rotatable bonds is 3. The SMILES string of the molecule is Cc1nc(Br)cc(NC(C)c2cccs2)n1. The van der Waals surface area contributed by atoms with Gasteiger partial charge in [-0.05, 0) is 41.2 Å². The fraction of sp³-hybridized carbons (Fsp3) is 0.273. The Bertz CT molecular complexity index is 450. The molecule has 0 saturated carbocycles. The number of halogens is 1. The Morgan fingerprint density at radius 1 is 1.44 bits per heavy atom. The number of nitrogens with zero attached hydrogens (tertiary/aromatic N) is 2. The van der Waals surface area contributed by atoms with Crippen LogP contribution in [0.3, 0.4) is 0 Å². The van der Waals surface area contributed by atoms with Gasteiger partial charge in [0.05, 0.1) is 6.04 Å². The quantitative estimate of drug-likeness (QED) is 0.876. The summed E-state index contributed by atoms with van der Waals surface area (Å²) in [6.07, 6.45) is 0. The Morgan fingerprint density at radius 3 is 2.88 bits per heavy atom. The molecule has 0 aliphatic heterocycles. The van der Waals surface area contributed by atoms with Gasteiger partial charge in [-0.2, -0.15) is 0 Å². The van der Waals surface area contributed by atoms with E-state index in [0.717, 1.165) is 16.2 Å². The average molecular weight is 298 g/mol. The van der Waals surface area contributed by atoms with E-state index in [9.17, 15) is 0 Å². The zero-order chi connectivity index (χ0) is 11.5. The highest BCUT2D eigenvalue weighted by Crippen LogP contribution is 2.23. The smallest absolute Gasteiger partial charge is 0.131 e. The summed E-state index contributed by atoms with van der Waals surface area (Å²) in [6, 6.07) is 6.32. The van der Waals surface area contributed by atoms with Gasteiger partial charge < -0.3 is 5.32 Å². The van der Waals surface area contributed by atoms with Crippen molar-refractivity contribution in [2.75, 3.05) is 5.32 Å². The molecule has 1 atom stereocenters. The molecular formula is C11H12BrN3S. The lowest BCUT2D eigenvalue weighted by molar-refractivity contribution is 0.884. The molecule has 0 aliphatic carbocycles. The fourth-order valence-corrected chi connectivity index (χ4v) is 2.64. The lowest BCUT2D eigenvalue weighted by atomic mass is 10.3. The van der Waals surface area contributed by atoms with Crippen LogP contribution < -0.4 is 5.32 Å². The van der Waals surface area contributed by atoms with Crippen LogP contribution in [0.1, 0.15) is 23.7 Å². The van der Waals surface area contributed by atoms with Crippen molar-refractivity contribution in [2.45, 2.75) is 19.9 Å². The third-order valence-electron chi connectivity index (χ3n) is 2.14. The van der Waals surface area contributed by atoms with E-state index in [2.05, 4.69) is 55.7 Å².